The van der Waals surface area contributed by atoms with E-state index in [0.29, 0.717) is 10.9 Å². The third kappa shape index (κ3) is 3.69. The van der Waals surface area contributed by atoms with Gasteiger partial charge in [0, 0.05) is 16.5 Å². The smallest absolute Gasteiger partial charge is 0.334 e. The molecule has 0 saturated carbocycles. The van der Waals surface area contributed by atoms with E-state index in [-0.39, 0.29) is 23.8 Å². The first-order valence-electron chi connectivity index (χ1n) is 8.28. The molecule has 0 aliphatic heterocycles. The maximum atomic E-state index is 13.4. The van der Waals surface area contributed by atoms with Crippen molar-refractivity contribution < 1.29 is 30.9 Å². The Labute approximate surface area is 159 Å². The van der Waals surface area contributed by atoms with E-state index < -0.39 is 23.6 Å². The molecular weight excluding hydrogens is 400 g/mol. The van der Waals surface area contributed by atoms with Crippen LogP contribution in [0.2, 0.25) is 0 Å². The van der Waals surface area contributed by atoms with Crippen molar-refractivity contribution in [3.8, 4) is 11.5 Å². The van der Waals surface area contributed by atoms with Crippen LogP contribution in [0.15, 0.2) is 59.1 Å². The monoisotopic (exact) mass is 411 g/mol. The number of hydrogen-bond acceptors (Lipinski definition) is 3. The largest absolute Gasteiger partial charge is 0.431 e. The van der Waals surface area contributed by atoms with Crippen LogP contribution in [-0.4, -0.2) is 14.7 Å². The summed E-state index contributed by atoms with van der Waals surface area (Å²) in [6.45, 7) is -0.356. The lowest BCUT2D eigenvalue weighted by Crippen LogP contribution is -2.14. The summed E-state index contributed by atoms with van der Waals surface area (Å²) in [6.07, 6.45) is -9.16. The van der Waals surface area contributed by atoms with Crippen molar-refractivity contribution in [3.05, 3.63) is 71.7 Å². The van der Waals surface area contributed by atoms with Gasteiger partial charge in [0.2, 0.25) is 0 Å². The highest BCUT2D eigenvalue weighted by Crippen LogP contribution is 2.35. The van der Waals surface area contributed by atoms with Crippen LogP contribution >= 0.6 is 0 Å². The third-order valence-electron chi connectivity index (χ3n) is 4.31. The van der Waals surface area contributed by atoms with Crippen LogP contribution in [-0.2, 0) is 18.9 Å². The van der Waals surface area contributed by atoms with E-state index in [9.17, 15) is 26.3 Å². The molecule has 4 aromatic rings. The van der Waals surface area contributed by atoms with Crippen molar-refractivity contribution in [1.82, 2.24) is 14.7 Å². The van der Waals surface area contributed by atoms with Gasteiger partial charge in [0.25, 0.3) is 5.89 Å². The summed E-state index contributed by atoms with van der Waals surface area (Å²) in [5, 5.41) is 4.02. The van der Waals surface area contributed by atoms with E-state index in [1.165, 1.54) is 18.2 Å². The number of fused-ring (bicyclic) bond motifs is 1. The highest BCUT2D eigenvalue weighted by atomic mass is 19.4. The molecule has 4 nitrogen and oxygen atoms in total. The number of halogens is 6. The first-order valence-corrected chi connectivity index (χ1v) is 8.28. The highest BCUT2D eigenvalue weighted by molar-refractivity contribution is 5.81. The first kappa shape index (κ1) is 19.0. The number of nitrogens with zero attached hydrogens (tertiary/aromatic N) is 3. The number of benzene rings is 2. The molecule has 2 aromatic heterocycles. The first-order chi connectivity index (χ1) is 13.6. The fraction of sp³-hybridized carbons (Fsp3) is 0.158. The van der Waals surface area contributed by atoms with Crippen molar-refractivity contribution in [3.63, 3.8) is 0 Å². The van der Waals surface area contributed by atoms with Gasteiger partial charge in [-0.1, -0.05) is 29.4 Å². The van der Waals surface area contributed by atoms with E-state index in [1.807, 2.05) is 0 Å². The van der Waals surface area contributed by atoms with Crippen LogP contribution in [0.5, 0.6) is 0 Å². The SMILES string of the molecule is FC(F)(F)c1cccc(-c2nc(Cn3c(C(F)(F)F)cc4ccccc43)no2)c1. The van der Waals surface area contributed by atoms with Gasteiger partial charge in [-0.05, 0) is 30.3 Å². The van der Waals surface area contributed by atoms with Crippen LogP contribution < -0.4 is 0 Å². The molecule has 2 heterocycles. The van der Waals surface area contributed by atoms with Crippen molar-refractivity contribution in [2.75, 3.05) is 0 Å². The van der Waals surface area contributed by atoms with Gasteiger partial charge in [-0.3, -0.25) is 0 Å². The minimum atomic E-state index is -4.60. The molecule has 0 radical (unpaired) electrons. The Balaban J connectivity index is 1.71. The second-order valence-corrected chi connectivity index (χ2v) is 6.27. The van der Waals surface area contributed by atoms with Crippen molar-refractivity contribution in [2.24, 2.45) is 0 Å². The lowest BCUT2D eigenvalue weighted by Gasteiger charge is -2.11. The molecule has 4 rings (SSSR count). The molecule has 0 fully saturated rings. The van der Waals surface area contributed by atoms with Gasteiger partial charge in [0.15, 0.2) is 5.82 Å². The Morgan fingerprint density at radius 2 is 1.62 bits per heavy atom. The van der Waals surface area contributed by atoms with Gasteiger partial charge >= 0.3 is 12.4 Å². The van der Waals surface area contributed by atoms with Crippen LogP contribution in [0.4, 0.5) is 26.3 Å². The lowest BCUT2D eigenvalue weighted by molar-refractivity contribution is -0.143. The molecule has 0 N–H and O–H groups in total. The summed E-state index contributed by atoms with van der Waals surface area (Å²) in [6, 6.07) is 11.6. The predicted octanol–water partition coefficient (Wildman–Crippen LogP) is 5.78. The van der Waals surface area contributed by atoms with Crippen LogP contribution in [0.3, 0.4) is 0 Å². The zero-order valence-electron chi connectivity index (χ0n) is 14.4. The molecule has 0 amide bonds. The summed E-state index contributed by atoms with van der Waals surface area (Å²) in [5.74, 6) is -0.305. The van der Waals surface area contributed by atoms with E-state index in [4.69, 9.17) is 4.52 Å². The Morgan fingerprint density at radius 1 is 0.862 bits per heavy atom. The molecule has 150 valence electrons. The summed E-state index contributed by atoms with van der Waals surface area (Å²) in [5.41, 5.74) is -1.44. The summed E-state index contributed by atoms with van der Waals surface area (Å²) >= 11 is 0. The van der Waals surface area contributed by atoms with E-state index in [0.717, 1.165) is 22.8 Å². The second-order valence-electron chi connectivity index (χ2n) is 6.27. The molecule has 0 unspecified atom stereocenters. The number of rotatable bonds is 3. The molecule has 2 aromatic carbocycles. The van der Waals surface area contributed by atoms with Gasteiger partial charge in [-0.15, -0.1) is 0 Å². The fourth-order valence-electron chi connectivity index (χ4n) is 3.02. The quantitative estimate of drug-likeness (QED) is 0.402. The second kappa shape index (κ2) is 6.64. The van der Waals surface area contributed by atoms with E-state index >= 15 is 0 Å². The summed E-state index contributed by atoms with van der Waals surface area (Å²) in [4.78, 5) is 3.98. The zero-order valence-corrected chi connectivity index (χ0v) is 14.4. The minimum Gasteiger partial charge on any atom is -0.334 e. The van der Waals surface area contributed by atoms with Gasteiger partial charge in [0.05, 0.1) is 12.1 Å². The number of alkyl halides is 6. The highest BCUT2D eigenvalue weighted by Gasteiger charge is 2.36. The minimum absolute atomic E-state index is 0.0204. The molecule has 0 spiro atoms. The fourth-order valence-corrected chi connectivity index (χ4v) is 3.02. The van der Waals surface area contributed by atoms with Crippen LogP contribution in [0.1, 0.15) is 17.1 Å². The van der Waals surface area contributed by atoms with E-state index in [2.05, 4.69) is 10.1 Å². The maximum absolute atomic E-state index is 13.4. The van der Waals surface area contributed by atoms with Gasteiger partial charge < -0.3 is 9.09 Å². The Bertz CT molecular complexity index is 1170. The molecule has 0 saturated heterocycles. The maximum Gasteiger partial charge on any atom is 0.431 e. The van der Waals surface area contributed by atoms with Crippen molar-refractivity contribution >= 4 is 10.9 Å². The molecular formula is C19H11F6N3O. The average molecular weight is 411 g/mol. The van der Waals surface area contributed by atoms with Crippen LogP contribution in [0, 0.1) is 0 Å². The topological polar surface area (TPSA) is 43.9 Å². The summed E-state index contributed by atoms with van der Waals surface area (Å²) in [7, 11) is 0. The number of hydrogen-bond donors (Lipinski definition) is 0. The molecule has 0 aliphatic rings. The normalized spacial score (nSPS) is 12.6. The molecule has 0 bridgehead atoms. The van der Waals surface area contributed by atoms with Gasteiger partial charge in [-0.25, -0.2) is 0 Å². The third-order valence-corrected chi connectivity index (χ3v) is 4.31. The zero-order chi connectivity index (χ0) is 20.8. The van der Waals surface area contributed by atoms with Gasteiger partial charge in [0.1, 0.15) is 5.69 Å². The molecule has 29 heavy (non-hydrogen) atoms. The average Bonchev–Trinajstić information content (AvgIpc) is 3.27. The van der Waals surface area contributed by atoms with Crippen molar-refractivity contribution in [2.45, 2.75) is 18.9 Å². The lowest BCUT2D eigenvalue weighted by atomic mass is 10.1. The van der Waals surface area contributed by atoms with Crippen molar-refractivity contribution in [1.29, 1.82) is 0 Å². The Morgan fingerprint density at radius 3 is 2.34 bits per heavy atom. The van der Waals surface area contributed by atoms with Gasteiger partial charge in [-0.2, -0.15) is 31.3 Å². The Kier molecular flexibility index (Phi) is 4.36. The predicted molar refractivity (Wildman–Crippen MR) is 90.8 cm³/mol. The summed E-state index contributed by atoms with van der Waals surface area (Å²) < 4.78 is 84.9. The standard InChI is InChI=1S/C19H11F6N3O/c20-18(21,22)13-6-3-5-12(8-13)17-26-16(27-29-17)10-28-14-7-2-1-4-11(14)9-15(28)19(23,24)25/h1-9H,10H2. The molecule has 10 heteroatoms. The van der Waals surface area contributed by atoms with E-state index in [1.54, 1.807) is 18.2 Å². The van der Waals surface area contributed by atoms with Crippen LogP contribution in [0.25, 0.3) is 22.4 Å². The number of para-hydroxylation sites is 1. The number of aromatic nitrogens is 3. The molecule has 0 atom stereocenters. The molecule has 0 aliphatic carbocycles. The Hall–Kier alpha value is -3.30.